The Morgan fingerprint density at radius 1 is 1.75 bits per heavy atom. The third kappa shape index (κ3) is 2.79. The molecule has 0 aromatic rings. The molecule has 1 atom stereocenters. The number of rotatable bonds is 3. The molecule has 4 heteroatoms. The van der Waals surface area contributed by atoms with Crippen LogP contribution in [-0.2, 0) is 4.79 Å². The second-order valence-electron chi connectivity index (χ2n) is 3.28. The van der Waals surface area contributed by atoms with Crippen LogP contribution in [0.4, 0.5) is 0 Å². The Morgan fingerprint density at radius 2 is 2.50 bits per heavy atom. The zero-order valence-corrected chi connectivity index (χ0v) is 7.55. The van der Waals surface area contributed by atoms with Gasteiger partial charge in [-0.1, -0.05) is 0 Å². The maximum Gasteiger partial charge on any atom is 0.217 e. The summed E-state index contributed by atoms with van der Waals surface area (Å²) < 4.78 is 0. The summed E-state index contributed by atoms with van der Waals surface area (Å²) in [7, 11) is 0. The molecule has 0 aromatic carbocycles. The van der Waals surface area contributed by atoms with Crippen LogP contribution in [0.5, 0.6) is 0 Å². The first-order valence-electron chi connectivity index (χ1n) is 4.42. The highest BCUT2D eigenvalue weighted by atomic mass is 16.1. The molecule has 1 aliphatic rings. The number of amides is 1. The largest absolute Gasteiger partial charge is 0.352 e. The molecule has 0 spiro atoms. The zero-order valence-electron chi connectivity index (χ0n) is 7.55. The number of nitrogens with zero attached hydrogens (tertiary/aromatic N) is 1. The molecule has 0 radical (unpaired) electrons. The fourth-order valence-electron chi connectivity index (χ4n) is 1.62. The van der Waals surface area contributed by atoms with Crippen molar-refractivity contribution in [2.24, 2.45) is 5.73 Å². The number of carbonyl (C=O) groups excluding carboxylic acids is 1. The molecule has 1 aliphatic heterocycles. The first-order chi connectivity index (χ1) is 5.72. The van der Waals surface area contributed by atoms with Crippen molar-refractivity contribution in [3.63, 3.8) is 0 Å². The van der Waals surface area contributed by atoms with Crippen molar-refractivity contribution < 1.29 is 4.79 Å². The Morgan fingerprint density at radius 3 is 3.08 bits per heavy atom. The molecule has 1 fully saturated rings. The summed E-state index contributed by atoms with van der Waals surface area (Å²) >= 11 is 0. The number of nitrogens with two attached hydrogens (primary N) is 1. The standard InChI is InChI=1S/C8H17N3O/c1-7(12)10-8-2-4-11(6-8)5-3-9/h8H,2-6,9H2,1H3,(H,10,12)/t8-/m0/s1. The van der Waals surface area contributed by atoms with Gasteiger partial charge in [-0.05, 0) is 6.42 Å². The van der Waals surface area contributed by atoms with Gasteiger partial charge in [0, 0.05) is 39.1 Å². The summed E-state index contributed by atoms with van der Waals surface area (Å²) in [5, 5.41) is 2.91. The number of nitrogens with one attached hydrogen (secondary N) is 1. The summed E-state index contributed by atoms with van der Waals surface area (Å²) in [4.78, 5) is 13.0. The normalized spacial score (nSPS) is 24.3. The number of carbonyl (C=O) groups is 1. The first kappa shape index (κ1) is 9.48. The van der Waals surface area contributed by atoms with Crippen molar-refractivity contribution in [1.82, 2.24) is 10.2 Å². The third-order valence-electron chi connectivity index (χ3n) is 2.13. The highest BCUT2D eigenvalue weighted by Crippen LogP contribution is 2.07. The van der Waals surface area contributed by atoms with Gasteiger partial charge in [0.05, 0.1) is 0 Å². The molecule has 0 aliphatic carbocycles. The molecule has 4 nitrogen and oxygen atoms in total. The highest BCUT2D eigenvalue weighted by Gasteiger charge is 2.21. The number of hydrogen-bond donors (Lipinski definition) is 2. The van der Waals surface area contributed by atoms with Crippen LogP contribution in [0.25, 0.3) is 0 Å². The molecule has 3 N–H and O–H groups in total. The van der Waals surface area contributed by atoms with Gasteiger partial charge >= 0.3 is 0 Å². The average Bonchev–Trinajstić information content (AvgIpc) is 2.36. The van der Waals surface area contributed by atoms with Gasteiger partial charge in [-0.2, -0.15) is 0 Å². The monoisotopic (exact) mass is 171 g/mol. The molecule has 70 valence electrons. The van der Waals surface area contributed by atoms with Crippen molar-refractivity contribution >= 4 is 5.91 Å². The van der Waals surface area contributed by atoms with Gasteiger partial charge in [0.1, 0.15) is 0 Å². The Bertz CT molecular complexity index is 160. The van der Waals surface area contributed by atoms with E-state index in [2.05, 4.69) is 10.2 Å². The van der Waals surface area contributed by atoms with Gasteiger partial charge in [-0.15, -0.1) is 0 Å². The molecule has 0 aromatic heterocycles. The van der Waals surface area contributed by atoms with Gasteiger partial charge in [-0.25, -0.2) is 0 Å². The predicted octanol–water partition coefficient (Wildman–Crippen LogP) is -0.844. The minimum Gasteiger partial charge on any atom is -0.352 e. The van der Waals surface area contributed by atoms with Crippen molar-refractivity contribution in [3.05, 3.63) is 0 Å². The fourth-order valence-corrected chi connectivity index (χ4v) is 1.62. The summed E-state index contributed by atoms with van der Waals surface area (Å²) in [6.45, 7) is 5.22. The van der Waals surface area contributed by atoms with Gasteiger partial charge < -0.3 is 11.1 Å². The van der Waals surface area contributed by atoms with E-state index in [1.165, 1.54) is 0 Å². The lowest BCUT2D eigenvalue weighted by atomic mass is 10.3. The molecule has 1 heterocycles. The van der Waals surface area contributed by atoms with E-state index in [1.807, 2.05) is 0 Å². The van der Waals surface area contributed by atoms with E-state index < -0.39 is 0 Å². The quantitative estimate of drug-likeness (QED) is 0.582. The molecule has 1 amide bonds. The van der Waals surface area contributed by atoms with Crippen LogP contribution in [0, 0.1) is 0 Å². The SMILES string of the molecule is CC(=O)N[C@H]1CCN(CCN)C1. The predicted molar refractivity (Wildman–Crippen MR) is 47.7 cm³/mol. The maximum atomic E-state index is 10.7. The zero-order chi connectivity index (χ0) is 8.97. The molecule has 1 saturated heterocycles. The molecule has 1 rings (SSSR count). The fraction of sp³-hybridized carbons (Fsp3) is 0.875. The van der Waals surface area contributed by atoms with Gasteiger partial charge in [0.15, 0.2) is 0 Å². The Balaban J connectivity index is 2.21. The molecule has 0 saturated carbocycles. The van der Waals surface area contributed by atoms with E-state index in [0.717, 1.165) is 26.1 Å². The van der Waals surface area contributed by atoms with Crippen LogP contribution in [-0.4, -0.2) is 43.0 Å². The van der Waals surface area contributed by atoms with Crippen LogP contribution >= 0.6 is 0 Å². The maximum absolute atomic E-state index is 10.7. The topological polar surface area (TPSA) is 58.4 Å². The Labute approximate surface area is 73.1 Å². The van der Waals surface area contributed by atoms with Crippen LogP contribution < -0.4 is 11.1 Å². The molecular formula is C8H17N3O. The summed E-state index contributed by atoms with van der Waals surface area (Å²) in [6, 6.07) is 0.342. The minimum absolute atomic E-state index is 0.0644. The molecule has 0 bridgehead atoms. The van der Waals surface area contributed by atoms with Crippen molar-refractivity contribution in [2.45, 2.75) is 19.4 Å². The van der Waals surface area contributed by atoms with E-state index in [4.69, 9.17) is 5.73 Å². The highest BCUT2D eigenvalue weighted by molar-refractivity contribution is 5.73. The van der Waals surface area contributed by atoms with Gasteiger partial charge in [-0.3, -0.25) is 9.69 Å². The smallest absolute Gasteiger partial charge is 0.217 e. The second-order valence-corrected chi connectivity index (χ2v) is 3.28. The second kappa shape index (κ2) is 4.42. The Kier molecular flexibility index (Phi) is 3.49. The summed E-state index contributed by atoms with van der Waals surface area (Å²) in [5.41, 5.74) is 5.43. The lowest BCUT2D eigenvalue weighted by Crippen LogP contribution is -2.36. The van der Waals surface area contributed by atoms with E-state index in [0.29, 0.717) is 12.6 Å². The van der Waals surface area contributed by atoms with E-state index in [1.54, 1.807) is 6.92 Å². The van der Waals surface area contributed by atoms with E-state index >= 15 is 0 Å². The van der Waals surface area contributed by atoms with Gasteiger partial charge in [0.2, 0.25) is 5.91 Å². The third-order valence-corrected chi connectivity index (χ3v) is 2.13. The molecule has 12 heavy (non-hydrogen) atoms. The molecule has 0 unspecified atom stereocenters. The average molecular weight is 171 g/mol. The van der Waals surface area contributed by atoms with E-state index in [9.17, 15) is 4.79 Å². The Hall–Kier alpha value is -0.610. The van der Waals surface area contributed by atoms with Crippen molar-refractivity contribution in [3.8, 4) is 0 Å². The minimum atomic E-state index is 0.0644. The lowest BCUT2D eigenvalue weighted by Gasteiger charge is -2.14. The van der Waals surface area contributed by atoms with Crippen molar-refractivity contribution in [2.75, 3.05) is 26.2 Å². The lowest BCUT2D eigenvalue weighted by molar-refractivity contribution is -0.119. The summed E-state index contributed by atoms with van der Waals surface area (Å²) in [6.07, 6.45) is 1.06. The van der Waals surface area contributed by atoms with Crippen LogP contribution in [0.15, 0.2) is 0 Å². The van der Waals surface area contributed by atoms with Gasteiger partial charge in [0.25, 0.3) is 0 Å². The van der Waals surface area contributed by atoms with Crippen LogP contribution in [0.3, 0.4) is 0 Å². The number of hydrogen-bond acceptors (Lipinski definition) is 3. The van der Waals surface area contributed by atoms with Crippen LogP contribution in [0.2, 0.25) is 0 Å². The first-order valence-corrected chi connectivity index (χ1v) is 4.42. The number of likely N-dealkylation sites (tertiary alicyclic amines) is 1. The summed E-state index contributed by atoms with van der Waals surface area (Å²) in [5.74, 6) is 0.0644. The van der Waals surface area contributed by atoms with Crippen LogP contribution in [0.1, 0.15) is 13.3 Å². The van der Waals surface area contributed by atoms with E-state index in [-0.39, 0.29) is 5.91 Å². The molecular weight excluding hydrogens is 154 g/mol. The van der Waals surface area contributed by atoms with Crippen molar-refractivity contribution in [1.29, 1.82) is 0 Å².